The summed E-state index contributed by atoms with van der Waals surface area (Å²) in [6.07, 6.45) is 0.295. The van der Waals surface area contributed by atoms with Crippen LogP contribution in [0.5, 0.6) is 0 Å². The molecule has 4 nitrogen and oxygen atoms in total. The minimum atomic E-state index is -0.511. The Morgan fingerprint density at radius 3 is 2.55 bits per heavy atom. The molecule has 0 aliphatic heterocycles. The molecule has 0 saturated heterocycles. The molecular weight excluding hydrogens is 364 g/mol. The normalized spacial score (nSPS) is 11.3. The summed E-state index contributed by atoms with van der Waals surface area (Å²) >= 11 is 4.90. The molecule has 0 unspecified atom stereocenters. The molecule has 0 aliphatic carbocycles. The number of benzene rings is 1. The van der Waals surface area contributed by atoms with Gasteiger partial charge in [0.1, 0.15) is 10.6 Å². The second kappa shape index (κ2) is 6.79. The van der Waals surface area contributed by atoms with Crippen LogP contribution in [-0.4, -0.2) is 16.7 Å². The highest BCUT2D eigenvalue weighted by molar-refractivity contribution is 9.10. The Kier molecular flexibility index (Phi) is 5.24. The maximum absolute atomic E-state index is 11.8. The summed E-state index contributed by atoms with van der Waals surface area (Å²) in [4.78, 5) is 16.3. The number of aromatic nitrogens is 1. The Labute approximate surface area is 143 Å². The number of aryl methyl sites for hydroxylation is 1. The van der Waals surface area contributed by atoms with Gasteiger partial charge < -0.3 is 4.74 Å². The van der Waals surface area contributed by atoms with Crippen molar-refractivity contribution in [2.45, 2.75) is 39.7 Å². The van der Waals surface area contributed by atoms with E-state index >= 15 is 0 Å². The van der Waals surface area contributed by atoms with E-state index in [4.69, 9.17) is 4.74 Å². The molecule has 1 aromatic heterocycles. The van der Waals surface area contributed by atoms with E-state index in [1.165, 1.54) is 16.9 Å². The van der Waals surface area contributed by atoms with Gasteiger partial charge in [0.25, 0.3) is 0 Å². The summed E-state index contributed by atoms with van der Waals surface area (Å²) in [6, 6.07) is 8.13. The van der Waals surface area contributed by atoms with E-state index in [1.54, 1.807) is 0 Å². The smallest absolute Gasteiger partial charge is 0.412 e. The highest BCUT2D eigenvalue weighted by atomic mass is 79.9. The van der Waals surface area contributed by atoms with Crippen molar-refractivity contribution in [3.63, 3.8) is 0 Å². The third-order valence-corrected chi connectivity index (χ3v) is 4.33. The fourth-order valence-corrected chi connectivity index (χ4v) is 3.07. The number of nitrogens with one attached hydrogen (secondary N) is 1. The van der Waals surface area contributed by atoms with Crippen LogP contribution in [0, 0.1) is 6.92 Å². The van der Waals surface area contributed by atoms with Crippen LogP contribution in [0.15, 0.2) is 28.7 Å². The van der Waals surface area contributed by atoms with Crippen LogP contribution < -0.4 is 5.32 Å². The second-order valence-corrected chi connectivity index (χ2v) is 7.95. The van der Waals surface area contributed by atoms with Gasteiger partial charge in [0.2, 0.25) is 0 Å². The van der Waals surface area contributed by atoms with Crippen LogP contribution in [0.2, 0.25) is 0 Å². The average Bonchev–Trinajstić information content (AvgIpc) is 2.70. The number of ether oxygens (including phenoxy) is 1. The van der Waals surface area contributed by atoms with Crippen molar-refractivity contribution in [1.82, 2.24) is 4.98 Å². The van der Waals surface area contributed by atoms with Crippen molar-refractivity contribution in [3.8, 4) is 0 Å². The number of anilines is 1. The molecule has 0 bridgehead atoms. The van der Waals surface area contributed by atoms with Crippen LogP contribution in [-0.2, 0) is 11.2 Å². The predicted octanol–water partition coefficient (Wildman–Crippen LogP) is 5.15. The van der Waals surface area contributed by atoms with E-state index in [2.05, 4.69) is 38.4 Å². The largest absolute Gasteiger partial charge is 0.444 e. The zero-order chi connectivity index (χ0) is 16.3. The molecule has 0 spiro atoms. The molecule has 118 valence electrons. The number of thiazole rings is 1. The van der Waals surface area contributed by atoms with E-state index in [9.17, 15) is 4.79 Å². The van der Waals surface area contributed by atoms with Gasteiger partial charge in [-0.05, 0) is 45.4 Å². The van der Waals surface area contributed by atoms with Gasteiger partial charge in [0.15, 0.2) is 0 Å². The number of hydrogen-bond donors (Lipinski definition) is 1. The molecule has 1 heterocycles. The molecule has 2 rings (SSSR count). The first-order chi connectivity index (χ1) is 10.2. The molecule has 0 fully saturated rings. The Morgan fingerprint density at radius 1 is 1.32 bits per heavy atom. The molecule has 0 atom stereocenters. The van der Waals surface area contributed by atoms with Gasteiger partial charge >= 0.3 is 6.09 Å². The monoisotopic (exact) mass is 382 g/mol. The van der Waals surface area contributed by atoms with Crippen LogP contribution in [0.25, 0.3) is 0 Å². The van der Waals surface area contributed by atoms with Crippen molar-refractivity contribution in [2.24, 2.45) is 0 Å². The van der Waals surface area contributed by atoms with E-state index < -0.39 is 11.7 Å². The van der Waals surface area contributed by atoms with Gasteiger partial charge in [-0.15, -0.1) is 11.3 Å². The summed E-state index contributed by atoms with van der Waals surface area (Å²) in [5.41, 5.74) is 1.48. The molecule has 0 aliphatic rings. The average molecular weight is 383 g/mol. The highest BCUT2D eigenvalue weighted by Crippen LogP contribution is 2.26. The lowest BCUT2D eigenvalue weighted by atomic mass is 10.2. The Morgan fingerprint density at radius 2 is 1.95 bits per heavy atom. The van der Waals surface area contributed by atoms with Gasteiger partial charge in [-0.1, -0.05) is 28.1 Å². The highest BCUT2D eigenvalue weighted by Gasteiger charge is 2.18. The van der Waals surface area contributed by atoms with Crippen molar-refractivity contribution in [1.29, 1.82) is 0 Å². The summed E-state index contributed by atoms with van der Waals surface area (Å²) < 4.78 is 6.32. The molecule has 0 saturated carbocycles. The zero-order valence-electron chi connectivity index (χ0n) is 13.1. The third kappa shape index (κ3) is 5.10. The number of nitrogens with zero attached hydrogens (tertiary/aromatic N) is 1. The van der Waals surface area contributed by atoms with Crippen molar-refractivity contribution in [2.75, 3.05) is 5.32 Å². The lowest BCUT2D eigenvalue weighted by Crippen LogP contribution is -2.27. The fourth-order valence-electron chi connectivity index (χ4n) is 1.82. The van der Waals surface area contributed by atoms with Crippen molar-refractivity contribution >= 4 is 38.4 Å². The maximum atomic E-state index is 11.8. The number of hydrogen-bond acceptors (Lipinski definition) is 4. The van der Waals surface area contributed by atoms with Crippen molar-refractivity contribution in [3.05, 3.63) is 45.0 Å². The number of halogens is 1. The summed E-state index contributed by atoms with van der Waals surface area (Å²) in [6.45, 7) is 7.40. The molecule has 6 heteroatoms. The third-order valence-electron chi connectivity index (χ3n) is 2.72. The van der Waals surface area contributed by atoms with E-state index in [-0.39, 0.29) is 0 Å². The summed E-state index contributed by atoms with van der Waals surface area (Å²) in [5, 5.41) is 4.47. The minimum Gasteiger partial charge on any atom is -0.444 e. The number of carbonyl (C=O) groups excluding carboxylic acids is 1. The molecule has 1 N–H and O–H groups in total. The number of amides is 1. The maximum Gasteiger partial charge on any atom is 0.412 e. The molecular formula is C16H19BrN2O2S. The Balaban J connectivity index is 2.05. The van der Waals surface area contributed by atoms with Crippen molar-refractivity contribution < 1.29 is 9.53 Å². The Hall–Kier alpha value is -1.40. The minimum absolute atomic E-state index is 0.450. The summed E-state index contributed by atoms with van der Waals surface area (Å²) in [5.74, 6) is 0. The first-order valence-electron chi connectivity index (χ1n) is 6.94. The fraction of sp³-hybridized carbons (Fsp3) is 0.375. The topological polar surface area (TPSA) is 51.2 Å². The van der Waals surface area contributed by atoms with Gasteiger partial charge in [-0.25, -0.2) is 9.78 Å². The summed E-state index contributed by atoms with van der Waals surface area (Å²) in [7, 11) is 0. The van der Waals surface area contributed by atoms with E-state index in [0.29, 0.717) is 0 Å². The van der Waals surface area contributed by atoms with Gasteiger partial charge in [-0.2, -0.15) is 0 Å². The number of rotatable bonds is 3. The van der Waals surface area contributed by atoms with Crippen LogP contribution in [0.4, 0.5) is 9.80 Å². The zero-order valence-corrected chi connectivity index (χ0v) is 15.5. The SMILES string of the molecule is Cc1nc(Cc2ccc(Br)cc2)sc1NC(=O)OC(C)(C)C. The lowest BCUT2D eigenvalue weighted by Gasteiger charge is -2.19. The number of carbonyl (C=O) groups is 1. The molecule has 1 aromatic carbocycles. The van der Waals surface area contributed by atoms with Crippen LogP contribution >= 0.6 is 27.3 Å². The van der Waals surface area contributed by atoms with E-state index in [1.807, 2.05) is 39.8 Å². The van der Waals surface area contributed by atoms with Crippen LogP contribution in [0.1, 0.15) is 37.0 Å². The lowest BCUT2D eigenvalue weighted by molar-refractivity contribution is 0.0636. The standard InChI is InChI=1S/C16H19BrN2O2S/c1-10-14(19-15(20)21-16(2,3)4)22-13(18-10)9-11-5-7-12(17)8-6-11/h5-8H,9H2,1-4H3,(H,19,20). The molecule has 22 heavy (non-hydrogen) atoms. The first-order valence-corrected chi connectivity index (χ1v) is 8.54. The van der Waals surface area contributed by atoms with Crippen LogP contribution in [0.3, 0.4) is 0 Å². The van der Waals surface area contributed by atoms with E-state index in [0.717, 1.165) is 26.6 Å². The van der Waals surface area contributed by atoms with Gasteiger partial charge in [0.05, 0.1) is 10.7 Å². The quantitative estimate of drug-likeness (QED) is 0.797. The first kappa shape index (κ1) is 17.0. The molecule has 1 amide bonds. The second-order valence-electron chi connectivity index (χ2n) is 5.95. The molecule has 2 aromatic rings. The van der Waals surface area contributed by atoms with Gasteiger partial charge in [0, 0.05) is 10.9 Å². The molecule has 0 radical (unpaired) electrons. The predicted molar refractivity (Wildman–Crippen MR) is 93.7 cm³/mol. The van der Waals surface area contributed by atoms with Gasteiger partial charge in [-0.3, -0.25) is 5.32 Å². The Bertz CT molecular complexity index is 660.